The summed E-state index contributed by atoms with van der Waals surface area (Å²) in [6, 6.07) is 0. The van der Waals surface area contributed by atoms with Gasteiger partial charge in [0.2, 0.25) is 34.8 Å². The molecule has 0 bridgehead atoms. The summed E-state index contributed by atoms with van der Waals surface area (Å²) in [6.45, 7) is 4.98. The molecule has 1 aliphatic heterocycles. The molecule has 1 aromatic carbocycles. The van der Waals surface area contributed by atoms with Crippen LogP contribution in [0, 0.1) is 29.1 Å². The van der Waals surface area contributed by atoms with E-state index in [-0.39, 0.29) is 4.70 Å². The third kappa shape index (κ3) is 8.66. The summed E-state index contributed by atoms with van der Waals surface area (Å²) in [4.78, 5) is 1.61. The molecule has 1 aliphatic rings. The van der Waals surface area contributed by atoms with Gasteiger partial charge in [-0.15, -0.1) is 0 Å². The Labute approximate surface area is 157 Å². The number of ether oxygens (including phenoxy) is 2. The van der Waals surface area contributed by atoms with Crippen LogP contribution in [0.4, 0.5) is 42.9 Å². The average Bonchev–Trinajstić information content (AvgIpc) is 2.56. The summed E-state index contributed by atoms with van der Waals surface area (Å²) in [7, 11) is -7.10. The molecular formula is C13H14F11N2O2P. The zero-order valence-electron chi connectivity index (χ0n) is 14.4. The van der Waals surface area contributed by atoms with E-state index in [1.165, 1.54) is 11.6 Å². The van der Waals surface area contributed by atoms with Gasteiger partial charge in [0.05, 0.1) is 13.2 Å². The minimum absolute atomic E-state index is 0. The van der Waals surface area contributed by atoms with Gasteiger partial charge in [0.15, 0.2) is 0 Å². The Morgan fingerprint density at radius 1 is 0.897 bits per heavy atom. The normalized spacial score (nSPS) is 17.1. The number of halogens is 11. The fourth-order valence-corrected chi connectivity index (χ4v) is 2.04. The molecule has 0 amide bonds. The Balaban J connectivity index is 0.000000981. The third-order valence-electron chi connectivity index (χ3n) is 3.13. The monoisotopic (exact) mass is 470 g/mol. The molecule has 29 heavy (non-hydrogen) atoms. The van der Waals surface area contributed by atoms with Gasteiger partial charge in [0.25, 0.3) is 0 Å². The number of morpholine rings is 1. The standard InChI is InChI=1S/C13H14F5N2O2.F5P.FH/c1-19(2)13(20-3-5-21-6-4-20)22-12-10(17)8(15)7(14)9(16)11(12)18;1-6(2,3,4)5;/h13H,1,3-6H2,2H3;;1H/q+1;;/p-1. The largest absolute Gasteiger partial charge is 1.00 e. The molecular weight excluding hydrogens is 456 g/mol. The van der Waals surface area contributed by atoms with E-state index in [9.17, 15) is 42.9 Å². The quantitative estimate of drug-likeness (QED) is 0.127. The van der Waals surface area contributed by atoms with E-state index in [2.05, 4.69) is 6.72 Å². The van der Waals surface area contributed by atoms with Crippen LogP contribution in [0.25, 0.3) is 0 Å². The van der Waals surface area contributed by atoms with Crippen LogP contribution >= 0.6 is 8.16 Å². The fourth-order valence-electron chi connectivity index (χ4n) is 2.04. The summed E-state index contributed by atoms with van der Waals surface area (Å²) in [5.74, 6) is -11.7. The molecule has 1 fully saturated rings. The summed E-state index contributed by atoms with van der Waals surface area (Å²) in [5, 5.41) is 0. The van der Waals surface area contributed by atoms with Crippen LogP contribution in [-0.4, -0.2) is 55.9 Å². The summed E-state index contributed by atoms with van der Waals surface area (Å²) in [6.07, 6.45) is -1.10. The zero-order chi connectivity index (χ0) is 21.9. The van der Waals surface area contributed by atoms with Crippen molar-refractivity contribution in [2.24, 2.45) is 0 Å². The number of benzene rings is 1. The molecule has 0 radical (unpaired) electrons. The number of hydrogen-bond donors (Lipinski definition) is 0. The maximum Gasteiger partial charge on any atom is -1.00 e. The van der Waals surface area contributed by atoms with E-state index in [0.717, 1.165) is 0 Å². The van der Waals surface area contributed by atoms with Gasteiger partial charge in [-0.3, -0.25) is 0 Å². The van der Waals surface area contributed by atoms with E-state index in [4.69, 9.17) is 9.47 Å². The Hall–Kier alpha value is -1.73. The van der Waals surface area contributed by atoms with Crippen molar-refractivity contribution in [2.75, 3.05) is 33.4 Å². The van der Waals surface area contributed by atoms with Crippen molar-refractivity contribution >= 4 is 14.9 Å². The predicted molar refractivity (Wildman–Crippen MR) is 78.8 cm³/mol. The second-order valence-corrected chi connectivity index (χ2v) is 6.67. The molecule has 1 atom stereocenters. The van der Waals surface area contributed by atoms with Crippen molar-refractivity contribution in [1.82, 2.24) is 4.90 Å². The maximum absolute atomic E-state index is 13.7. The SMILES string of the molecule is C=[N+](C)C(Oc1c(F)c(F)c(F)c(F)c1F)N1CCOCC1.FP(F)(F)(F)F.[F-]. The number of hydrogen-bond acceptors (Lipinski definition) is 3. The molecule has 0 aromatic heterocycles. The van der Waals surface area contributed by atoms with Gasteiger partial charge in [-0.1, -0.05) is 0 Å². The first-order valence-electron chi connectivity index (χ1n) is 7.22. The minimum atomic E-state index is -8.55. The van der Waals surface area contributed by atoms with Crippen LogP contribution in [0.3, 0.4) is 0 Å². The third-order valence-corrected chi connectivity index (χ3v) is 3.13. The second-order valence-electron chi connectivity index (χ2n) is 5.39. The average molecular weight is 470 g/mol. The molecule has 0 aliphatic carbocycles. The Morgan fingerprint density at radius 3 is 1.59 bits per heavy atom. The van der Waals surface area contributed by atoms with Gasteiger partial charge < -0.3 is 14.2 Å². The van der Waals surface area contributed by atoms with Crippen LogP contribution in [0.2, 0.25) is 0 Å². The molecule has 1 heterocycles. The van der Waals surface area contributed by atoms with Gasteiger partial charge in [-0.25, -0.2) is 18.1 Å². The first-order chi connectivity index (χ1) is 12.6. The molecule has 170 valence electrons. The van der Waals surface area contributed by atoms with Crippen LogP contribution in [0.1, 0.15) is 0 Å². The van der Waals surface area contributed by atoms with E-state index in [1.807, 2.05) is 0 Å². The van der Waals surface area contributed by atoms with Crippen LogP contribution in [0.15, 0.2) is 0 Å². The second kappa shape index (κ2) is 9.85. The molecule has 1 unspecified atom stereocenters. The van der Waals surface area contributed by atoms with E-state index >= 15 is 0 Å². The molecule has 1 saturated heterocycles. The van der Waals surface area contributed by atoms with Crippen molar-refractivity contribution in [3.63, 3.8) is 0 Å². The van der Waals surface area contributed by atoms with E-state index < -0.39 is 49.3 Å². The molecule has 1 aromatic rings. The summed E-state index contributed by atoms with van der Waals surface area (Å²) < 4.78 is 127. The first kappa shape index (κ1) is 27.3. The van der Waals surface area contributed by atoms with Crippen molar-refractivity contribution in [3.05, 3.63) is 29.1 Å². The van der Waals surface area contributed by atoms with Gasteiger partial charge in [0, 0.05) is 13.1 Å². The molecule has 4 nitrogen and oxygen atoms in total. The number of nitrogens with zero attached hydrogens (tertiary/aromatic N) is 2. The summed E-state index contributed by atoms with van der Waals surface area (Å²) >= 11 is 0. The van der Waals surface area contributed by atoms with Gasteiger partial charge in [-0.2, -0.15) is 13.4 Å². The van der Waals surface area contributed by atoms with Gasteiger partial charge >= 0.3 is 35.5 Å². The molecule has 16 heteroatoms. The van der Waals surface area contributed by atoms with Gasteiger partial charge in [-0.05, 0) is 0 Å². The summed E-state index contributed by atoms with van der Waals surface area (Å²) in [5.41, 5.74) is 0. The van der Waals surface area contributed by atoms with E-state index in [1.54, 1.807) is 4.90 Å². The first-order valence-corrected chi connectivity index (χ1v) is 8.91. The smallest absolute Gasteiger partial charge is 1.00 e. The Bertz CT molecular complexity index is 690. The van der Waals surface area contributed by atoms with Crippen molar-refractivity contribution in [2.45, 2.75) is 6.35 Å². The fraction of sp³-hybridized carbons (Fsp3) is 0.462. The Morgan fingerprint density at radius 2 is 1.24 bits per heavy atom. The minimum Gasteiger partial charge on any atom is -1.00 e. The van der Waals surface area contributed by atoms with Crippen molar-refractivity contribution in [1.29, 1.82) is 0 Å². The predicted octanol–water partition coefficient (Wildman–Crippen LogP) is 1.69. The molecule has 2 rings (SSSR count). The number of rotatable bonds is 4. The maximum atomic E-state index is 13.7. The van der Waals surface area contributed by atoms with Crippen LogP contribution in [0.5, 0.6) is 5.75 Å². The zero-order valence-corrected chi connectivity index (χ0v) is 15.3. The van der Waals surface area contributed by atoms with Gasteiger partial charge in [0.1, 0.15) is 13.8 Å². The van der Waals surface area contributed by atoms with Crippen molar-refractivity contribution in [3.8, 4) is 5.75 Å². The van der Waals surface area contributed by atoms with Crippen LogP contribution in [-0.2, 0) is 4.74 Å². The molecule has 0 saturated carbocycles. The van der Waals surface area contributed by atoms with Crippen LogP contribution < -0.4 is 9.44 Å². The topological polar surface area (TPSA) is 24.7 Å². The molecule has 0 spiro atoms. The van der Waals surface area contributed by atoms with E-state index in [0.29, 0.717) is 26.3 Å². The molecule has 0 N–H and O–H groups in total. The Kier molecular flexibility index (Phi) is 9.26. The van der Waals surface area contributed by atoms with Crippen molar-refractivity contribution < 1.29 is 61.7 Å².